The fourth-order valence-corrected chi connectivity index (χ4v) is 3.57. The summed E-state index contributed by atoms with van der Waals surface area (Å²) in [4.78, 5) is 2.51. The van der Waals surface area contributed by atoms with E-state index in [-0.39, 0.29) is 6.10 Å². The Hall–Kier alpha value is -1.33. The molecular weight excluding hydrogens is 354 g/mol. The van der Waals surface area contributed by atoms with Crippen molar-refractivity contribution in [2.24, 2.45) is 0 Å². The van der Waals surface area contributed by atoms with Crippen molar-refractivity contribution in [3.63, 3.8) is 0 Å². The van der Waals surface area contributed by atoms with E-state index in [1.54, 1.807) is 0 Å². The van der Waals surface area contributed by atoms with Gasteiger partial charge in [0.15, 0.2) is 0 Å². The van der Waals surface area contributed by atoms with Gasteiger partial charge in [0.1, 0.15) is 5.75 Å². The van der Waals surface area contributed by atoms with Gasteiger partial charge in [-0.25, -0.2) is 0 Å². The SMILES string of the molecule is CCCN1CCc2[nH]nc(-c3ccc(OC(C)C)c(Br)c3)c2C1. The van der Waals surface area contributed by atoms with Crippen LogP contribution in [0.15, 0.2) is 22.7 Å². The van der Waals surface area contributed by atoms with Gasteiger partial charge in [-0.2, -0.15) is 5.10 Å². The number of nitrogens with one attached hydrogen (secondary N) is 1. The number of aromatic nitrogens is 2. The van der Waals surface area contributed by atoms with Gasteiger partial charge in [-0.1, -0.05) is 6.92 Å². The average Bonchev–Trinajstić information content (AvgIpc) is 2.92. The van der Waals surface area contributed by atoms with E-state index in [1.165, 1.54) is 17.7 Å². The fraction of sp³-hybridized carbons (Fsp3) is 0.500. The molecule has 0 saturated carbocycles. The number of fused-ring (bicyclic) bond motifs is 1. The zero-order chi connectivity index (χ0) is 16.4. The fourth-order valence-electron chi connectivity index (χ4n) is 3.09. The van der Waals surface area contributed by atoms with Crippen molar-refractivity contribution in [2.45, 2.75) is 46.3 Å². The number of halogens is 1. The summed E-state index contributed by atoms with van der Waals surface area (Å²) in [6.45, 7) is 9.55. The van der Waals surface area contributed by atoms with Gasteiger partial charge in [-0.15, -0.1) is 0 Å². The number of nitrogens with zero attached hydrogens (tertiary/aromatic N) is 2. The van der Waals surface area contributed by atoms with Crippen molar-refractivity contribution >= 4 is 15.9 Å². The van der Waals surface area contributed by atoms with Gasteiger partial charge in [-0.3, -0.25) is 10.00 Å². The first-order chi connectivity index (χ1) is 11.1. The molecule has 4 nitrogen and oxygen atoms in total. The number of aromatic amines is 1. The molecule has 0 saturated heterocycles. The Morgan fingerprint density at radius 2 is 2.22 bits per heavy atom. The molecule has 0 fully saturated rings. The molecule has 1 aliphatic rings. The minimum Gasteiger partial charge on any atom is -0.490 e. The molecule has 2 aromatic rings. The minimum atomic E-state index is 0.165. The van der Waals surface area contributed by atoms with Gasteiger partial charge in [0.05, 0.1) is 16.3 Å². The molecule has 0 amide bonds. The highest BCUT2D eigenvalue weighted by Gasteiger charge is 2.22. The molecule has 0 aliphatic carbocycles. The first kappa shape index (κ1) is 16.5. The number of hydrogen-bond donors (Lipinski definition) is 1. The molecule has 0 unspecified atom stereocenters. The van der Waals surface area contributed by atoms with Crippen molar-refractivity contribution in [1.82, 2.24) is 15.1 Å². The van der Waals surface area contributed by atoms with Crippen LogP contribution in [-0.4, -0.2) is 34.3 Å². The Bertz CT molecular complexity index is 681. The van der Waals surface area contributed by atoms with Crippen LogP contribution in [0.25, 0.3) is 11.3 Å². The largest absolute Gasteiger partial charge is 0.490 e. The van der Waals surface area contributed by atoms with Gasteiger partial charge in [0.25, 0.3) is 0 Å². The topological polar surface area (TPSA) is 41.2 Å². The summed E-state index contributed by atoms with van der Waals surface area (Å²) in [6, 6.07) is 6.22. The Morgan fingerprint density at radius 1 is 1.39 bits per heavy atom. The van der Waals surface area contributed by atoms with E-state index in [9.17, 15) is 0 Å². The molecule has 3 rings (SSSR count). The zero-order valence-corrected chi connectivity index (χ0v) is 15.6. The summed E-state index contributed by atoms with van der Waals surface area (Å²) < 4.78 is 6.77. The van der Waals surface area contributed by atoms with Gasteiger partial charge >= 0.3 is 0 Å². The van der Waals surface area contributed by atoms with E-state index in [1.807, 2.05) is 19.9 Å². The van der Waals surface area contributed by atoms with Gasteiger partial charge in [0, 0.05) is 36.3 Å². The lowest BCUT2D eigenvalue weighted by Crippen LogP contribution is -2.31. The second-order valence-corrected chi connectivity index (χ2v) is 7.22. The predicted molar refractivity (Wildman–Crippen MR) is 96.8 cm³/mol. The molecule has 2 heterocycles. The third-order valence-corrected chi connectivity index (χ3v) is 4.74. The number of H-pyrrole nitrogens is 1. The van der Waals surface area contributed by atoms with Crippen molar-refractivity contribution in [1.29, 1.82) is 0 Å². The third kappa shape index (κ3) is 3.61. The monoisotopic (exact) mass is 377 g/mol. The Morgan fingerprint density at radius 3 is 2.91 bits per heavy atom. The molecule has 124 valence electrons. The minimum absolute atomic E-state index is 0.165. The second-order valence-electron chi connectivity index (χ2n) is 6.37. The van der Waals surface area contributed by atoms with Gasteiger partial charge in [-0.05, 0) is 60.9 Å². The molecule has 0 atom stereocenters. The maximum absolute atomic E-state index is 5.80. The number of rotatable bonds is 5. The summed E-state index contributed by atoms with van der Waals surface area (Å²) in [7, 11) is 0. The molecule has 1 aliphatic heterocycles. The van der Waals surface area contributed by atoms with E-state index in [4.69, 9.17) is 4.74 Å². The van der Waals surface area contributed by atoms with Crippen LogP contribution >= 0.6 is 15.9 Å². The molecule has 23 heavy (non-hydrogen) atoms. The van der Waals surface area contributed by atoms with E-state index in [2.05, 4.69) is 50.1 Å². The van der Waals surface area contributed by atoms with Crippen molar-refractivity contribution in [2.75, 3.05) is 13.1 Å². The van der Waals surface area contributed by atoms with Crippen LogP contribution in [0.4, 0.5) is 0 Å². The van der Waals surface area contributed by atoms with Crippen LogP contribution < -0.4 is 4.74 Å². The van der Waals surface area contributed by atoms with E-state index >= 15 is 0 Å². The predicted octanol–water partition coefficient (Wildman–Crippen LogP) is 4.39. The summed E-state index contributed by atoms with van der Waals surface area (Å²) >= 11 is 3.62. The number of benzene rings is 1. The molecule has 1 aromatic heterocycles. The van der Waals surface area contributed by atoms with Crippen LogP contribution in [0.2, 0.25) is 0 Å². The molecule has 0 bridgehead atoms. The first-order valence-corrected chi connectivity index (χ1v) is 9.12. The van der Waals surface area contributed by atoms with Crippen LogP contribution in [-0.2, 0) is 13.0 Å². The molecule has 1 aromatic carbocycles. The molecule has 0 radical (unpaired) electrons. The van der Waals surface area contributed by atoms with E-state index in [0.717, 1.165) is 47.5 Å². The molecule has 5 heteroatoms. The summed E-state index contributed by atoms with van der Waals surface area (Å²) in [6.07, 6.45) is 2.41. The highest BCUT2D eigenvalue weighted by Crippen LogP contribution is 2.34. The Kier molecular flexibility index (Phi) is 5.07. The van der Waals surface area contributed by atoms with Crippen molar-refractivity contribution in [3.8, 4) is 17.0 Å². The molecular formula is C18H24BrN3O. The van der Waals surface area contributed by atoms with Gasteiger partial charge < -0.3 is 4.74 Å². The van der Waals surface area contributed by atoms with Crippen LogP contribution in [0.1, 0.15) is 38.4 Å². The first-order valence-electron chi connectivity index (χ1n) is 8.33. The van der Waals surface area contributed by atoms with Gasteiger partial charge in [0.2, 0.25) is 0 Å². The van der Waals surface area contributed by atoms with Crippen LogP contribution in [0.5, 0.6) is 5.75 Å². The number of ether oxygens (including phenoxy) is 1. The standard InChI is InChI=1S/C18H24BrN3O/c1-4-8-22-9-7-16-14(11-22)18(21-20-16)13-5-6-17(15(19)10-13)23-12(2)3/h5-6,10,12H,4,7-9,11H2,1-3H3,(H,20,21). The quantitative estimate of drug-likeness (QED) is 0.839. The maximum atomic E-state index is 5.80. The Balaban J connectivity index is 1.88. The van der Waals surface area contributed by atoms with Crippen LogP contribution in [0, 0.1) is 0 Å². The normalized spacial score (nSPS) is 15.0. The zero-order valence-electron chi connectivity index (χ0n) is 14.0. The Labute approximate surface area is 146 Å². The highest BCUT2D eigenvalue weighted by atomic mass is 79.9. The summed E-state index contributed by atoms with van der Waals surface area (Å²) in [5.74, 6) is 0.876. The second kappa shape index (κ2) is 7.05. The lowest BCUT2D eigenvalue weighted by atomic mass is 10.0. The molecule has 0 spiro atoms. The van der Waals surface area contributed by atoms with E-state index in [0.29, 0.717) is 0 Å². The van der Waals surface area contributed by atoms with E-state index < -0.39 is 0 Å². The maximum Gasteiger partial charge on any atom is 0.133 e. The number of hydrogen-bond acceptors (Lipinski definition) is 3. The van der Waals surface area contributed by atoms with Crippen LogP contribution in [0.3, 0.4) is 0 Å². The van der Waals surface area contributed by atoms with Crippen molar-refractivity contribution < 1.29 is 4.74 Å². The summed E-state index contributed by atoms with van der Waals surface area (Å²) in [5.41, 5.74) is 4.82. The lowest BCUT2D eigenvalue weighted by Gasteiger charge is -2.26. The average molecular weight is 378 g/mol. The lowest BCUT2D eigenvalue weighted by molar-refractivity contribution is 0.241. The smallest absolute Gasteiger partial charge is 0.133 e. The highest BCUT2D eigenvalue weighted by molar-refractivity contribution is 9.10. The molecule has 1 N–H and O–H groups in total. The third-order valence-electron chi connectivity index (χ3n) is 4.12. The summed E-state index contributed by atoms with van der Waals surface area (Å²) in [5, 5.41) is 7.81. The van der Waals surface area contributed by atoms with Crippen molar-refractivity contribution in [3.05, 3.63) is 33.9 Å².